The molecule has 0 N–H and O–H groups in total. The predicted molar refractivity (Wildman–Crippen MR) is 154 cm³/mol. The average Bonchev–Trinajstić information content (AvgIpc) is 2.83. The first kappa shape index (κ1) is 26.2. The lowest BCUT2D eigenvalue weighted by molar-refractivity contribution is 0.245. The van der Waals surface area contributed by atoms with Crippen LogP contribution in [0.3, 0.4) is 0 Å². The molecule has 2 atom stereocenters. The summed E-state index contributed by atoms with van der Waals surface area (Å²) in [5, 5.41) is 4.10. The van der Waals surface area contributed by atoms with Crippen molar-refractivity contribution >= 4 is 32.0 Å². The molecule has 3 aromatic carbocycles. The Bertz CT molecular complexity index is 1040. The van der Waals surface area contributed by atoms with Crippen molar-refractivity contribution in [1.29, 1.82) is 0 Å². The highest BCUT2D eigenvalue weighted by Gasteiger charge is 2.50. The van der Waals surface area contributed by atoms with Crippen molar-refractivity contribution in [2.75, 3.05) is 6.61 Å². The second-order valence-corrected chi connectivity index (χ2v) is 19.9. The second-order valence-electron chi connectivity index (χ2n) is 10.9. The van der Waals surface area contributed by atoms with E-state index in [1.165, 1.54) is 15.6 Å². The van der Waals surface area contributed by atoms with Gasteiger partial charge in [0.25, 0.3) is 8.32 Å². The van der Waals surface area contributed by atoms with E-state index in [1.807, 2.05) is 0 Å². The fourth-order valence-corrected chi connectivity index (χ4v) is 13.6. The Labute approximate surface area is 209 Å². The van der Waals surface area contributed by atoms with Crippen molar-refractivity contribution in [1.82, 2.24) is 0 Å². The van der Waals surface area contributed by atoms with Gasteiger partial charge in [-0.1, -0.05) is 144 Å². The summed E-state index contributed by atoms with van der Waals surface area (Å²) in [6.07, 6.45) is 2.21. The first-order chi connectivity index (χ1) is 16.1. The van der Waals surface area contributed by atoms with Gasteiger partial charge in [0.05, 0.1) is 8.07 Å². The molecule has 0 saturated carbocycles. The van der Waals surface area contributed by atoms with Crippen LogP contribution in [0.1, 0.15) is 27.7 Å². The van der Waals surface area contributed by atoms with Crippen LogP contribution in [0.25, 0.3) is 0 Å². The molecule has 0 aliphatic heterocycles. The Morgan fingerprint density at radius 3 is 1.59 bits per heavy atom. The zero-order valence-electron chi connectivity index (χ0n) is 21.7. The van der Waals surface area contributed by atoms with Crippen molar-refractivity contribution in [3.63, 3.8) is 0 Å². The van der Waals surface area contributed by atoms with Crippen LogP contribution in [-0.4, -0.2) is 23.0 Å². The normalized spacial score (nSPS) is 14.2. The topological polar surface area (TPSA) is 9.23 Å². The molecule has 0 spiro atoms. The summed E-state index contributed by atoms with van der Waals surface area (Å²) in [6, 6.07) is 32.8. The predicted octanol–water partition coefficient (Wildman–Crippen LogP) is 6.53. The Kier molecular flexibility index (Phi) is 8.38. The lowest BCUT2D eigenvalue weighted by Gasteiger charge is -2.44. The highest BCUT2D eigenvalue weighted by Crippen LogP contribution is 2.39. The van der Waals surface area contributed by atoms with Crippen LogP contribution in [0, 0.1) is 5.92 Å². The van der Waals surface area contributed by atoms with Crippen molar-refractivity contribution in [2.24, 2.45) is 5.92 Å². The highest BCUT2D eigenvalue weighted by atomic mass is 28.4. The molecule has 0 aliphatic carbocycles. The third kappa shape index (κ3) is 5.29. The molecule has 34 heavy (non-hydrogen) atoms. The fraction of sp³-hybridized carbons (Fsp3) is 0.323. The second kappa shape index (κ2) is 10.9. The van der Waals surface area contributed by atoms with Gasteiger partial charge in [-0.3, -0.25) is 0 Å². The van der Waals surface area contributed by atoms with E-state index < -0.39 is 16.4 Å². The Balaban J connectivity index is 2.03. The van der Waals surface area contributed by atoms with Crippen LogP contribution in [0.5, 0.6) is 0 Å². The number of hydrogen-bond donors (Lipinski definition) is 0. The van der Waals surface area contributed by atoms with E-state index >= 15 is 0 Å². The van der Waals surface area contributed by atoms with Gasteiger partial charge < -0.3 is 4.43 Å². The zero-order valence-corrected chi connectivity index (χ0v) is 23.7. The molecule has 0 bridgehead atoms. The SMILES string of the molecule is C=C=CC([C@H](C)CO[Si](c1ccccc1)(c1ccccc1)C(C)(C)C)[Si](C)(C)c1ccccc1. The quantitative estimate of drug-likeness (QED) is 0.248. The van der Waals surface area contributed by atoms with Gasteiger partial charge in [-0.2, -0.15) is 0 Å². The van der Waals surface area contributed by atoms with Crippen LogP contribution < -0.4 is 15.6 Å². The maximum absolute atomic E-state index is 7.28. The third-order valence-corrected chi connectivity index (χ3v) is 16.5. The number of benzene rings is 3. The van der Waals surface area contributed by atoms with E-state index in [9.17, 15) is 0 Å². The summed E-state index contributed by atoms with van der Waals surface area (Å²) >= 11 is 0. The molecule has 0 heterocycles. The monoisotopic (exact) mass is 484 g/mol. The van der Waals surface area contributed by atoms with E-state index in [0.717, 1.165) is 0 Å². The summed E-state index contributed by atoms with van der Waals surface area (Å²) < 4.78 is 7.28. The first-order valence-corrected chi connectivity index (χ1v) is 17.3. The van der Waals surface area contributed by atoms with E-state index in [-0.39, 0.29) is 5.04 Å². The molecule has 1 nitrogen and oxygen atoms in total. The van der Waals surface area contributed by atoms with Crippen LogP contribution in [-0.2, 0) is 4.43 Å². The van der Waals surface area contributed by atoms with Gasteiger partial charge in [0.15, 0.2) is 0 Å². The Hall–Kier alpha value is -2.43. The van der Waals surface area contributed by atoms with Gasteiger partial charge in [-0.15, -0.1) is 5.73 Å². The van der Waals surface area contributed by atoms with E-state index in [2.05, 4.69) is 150 Å². The molecule has 0 amide bonds. The minimum absolute atomic E-state index is 0.0222. The maximum Gasteiger partial charge on any atom is 0.261 e. The smallest absolute Gasteiger partial charge is 0.261 e. The van der Waals surface area contributed by atoms with Crippen molar-refractivity contribution in [3.8, 4) is 0 Å². The van der Waals surface area contributed by atoms with Crippen molar-refractivity contribution < 1.29 is 4.43 Å². The number of rotatable bonds is 9. The van der Waals surface area contributed by atoms with Crippen LogP contribution >= 0.6 is 0 Å². The molecule has 0 aliphatic rings. The molecule has 1 unspecified atom stereocenters. The Morgan fingerprint density at radius 2 is 1.21 bits per heavy atom. The van der Waals surface area contributed by atoms with Gasteiger partial charge in [0, 0.05) is 6.61 Å². The summed E-state index contributed by atoms with van der Waals surface area (Å²) in [4.78, 5) is 0. The largest absolute Gasteiger partial charge is 0.407 e. The third-order valence-electron chi connectivity index (χ3n) is 7.24. The molecule has 3 aromatic rings. The number of allylic oxidation sites excluding steroid dienone is 1. The molecule has 0 fully saturated rings. The molecule has 3 rings (SSSR count). The van der Waals surface area contributed by atoms with Gasteiger partial charge in [0.1, 0.15) is 0 Å². The molecule has 0 saturated heterocycles. The van der Waals surface area contributed by atoms with Crippen LogP contribution in [0.2, 0.25) is 23.7 Å². The maximum atomic E-state index is 7.28. The van der Waals surface area contributed by atoms with Crippen LogP contribution in [0.15, 0.2) is 109 Å². The summed E-state index contributed by atoms with van der Waals surface area (Å²) in [6.45, 7) is 18.9. The zero-order chi connectivity index (χ0) is 24.8. The molecular formula is C31H40OSi2. The molecular weight excluding hydrogens is 445 g/mol. The van der Waals surface area contributed by atoms with Crippen LogP contribution in [0.4, 0.5) is 0 Å². The summed E-state index contributed by atoms with van der Waals surface area (Å²) in [7, 11) is -4.37. The van der Waals surface area contributed by atoms with E-state index in [4.69, 9.17) is 4.43 Å². The van der Waals surface area contributed by atoms with Gasteiger partial charge in [-0.05, 0) is 32.9 Å². The summed E-state index contributed by atoms with van der Waals surface area (Å²) in [5.74, 6) is 0.345. The minimum atomic E-state index is -2.55. The summed E-state index contributed by atoms with van der Waals surface area (Å²) in [5.41, 5.74) is 3.51. The van der Waals surface area contributed by atoms with Crippen molar-refractivity contribution in [2.45, 2.75) is 51.4 Å². The van der Waals surface area contributed by atoms with E-state index in [0.29, 0.717) is 18.1 Å². The highest BCUT2D eigenvalue weighted by molar-refractivity contribution is 6.99. The van der Waals surface area contributed by atoms with Gasteiger partial charge in [0.2, 0.25) is 0 Å². The van der Waals surface area contributed by atoms with Crippen molar-refractivity contribution in [3.05, 3.63) is 109 Å². The standard InChI is InChI=1S/C31H40OSi2/c1-8-18-30(33(6,7)27-19-12-9-13-20-27)26(2)25-32-34(31(3,4)5,28-21-14-10-15-22-28)29-23-16-11-17-24-29/h9-24,26,30H,1,25H2,2-7H3/t26-,30?/m1/s1. The molecule has 0 radical (unpaired) electrons. The Morgan fingerprint density at radius 1 is 0.794 bits per heavy atom. The molecule has 0 aromatic heterocycles. The fourth-order valence-electron chi connectivity index (χ4n) is 5.39. The van der Waals surface area contributed by atoms with E-state index in [1.54, 1.807) is 0 Å². The molecule has 3 heteroatoms. The number of hydrogen-bond acceptors (Lipinski definition) is 1. The van der Waals surface area contributed by atoms with Gasteiger partial charge >= 0.3 is 0 Å². The average molecular weight is 485 g/mol. The minimum Gasteiger partial charge on any atom is -0.407 e. The first-order valence-electron chi connectivity index (χ1n) is 12.3. The lowest BCUT2D eigenvalue weighted by Crippen LogP contribution is -2.67. The lowest BCUT2D eigenvalue weighted by atomic mass is 10.1. The van der Waals surface area contributed by atoms with Gasteiger partial charge in [-0.25, -0.2) is 0 Å². The molecule has 178 valence electrons.